The van der Waals surface area contributed by atoms with Crippen LogP contribution in [0.4, 0.5) is 0 Å². The van der Waals surface area contributed by atoms with Gasteiger partial charge >= 0.3 is 0 Å². The summed E-state index contributed by atoms with van der Waals surface area (Å²) < 4.78 is 36.3. The van der Waals surface area contributed by atoms with Gasteiger partial charge in [0.05, 0.1) is 19.0 Å². The smallest absolute Gasteiger partial charge is 0.208 e. The van der Waals surface area contributed by atoms with Crippen LogP contribution in [0.25, 0.3) is 0 Å². The Morgan fingerprint density at radius 1 is 1.42 bits per heavy atom. The van der Waals surface area contributed by atoms with Crippen molar-refractivity contribution < 1.29 is 17.9 Å². The summed E-state index contributed by atoms with van der Waals surface area (Å²) in [5.41, 5.74) is 1.15. The summed E-state index contributed by atoms with van der Waals surface area (Å²) in [7, 11) is -1.43. The van der Waals surface area contributed by atoms with E-state index in [-0.39, 0.29) is 5.60 Å². The molecule has 0 saturated carbocycles. The van der Waals surface area contributed by atoms with Gasteiger partial charge in [-0.2, -0.15) is 0 Å². The molecule has 0 aliphatic carbocycles. The average molecular weight is 354 g/mol. The number of ether oxygens (including phenoxy) is 2. The highest BCUT2D eigenvalue weighted by Crippen LogP contribution is 2.42. The van der Waals surface area contributed by atoms with Crippen LogP contribution in [0, 0.1) is 5.92 Å². The van der Waals surface area contributed by atoms with Gasteiger partial charge in [0.25, 0.3) is 0 Å². The van der Waals surface area contributed by atoms with Gasteiger partial charge in [-0.1, -0.05) is 12.1 Å². The van der Waals surface area contributed by atoms with Crippen LogP contribution in [-0.4, -0.2) is 58.5 Å². The first-order chi connectivity index (χ1) is 11.4. The van der Waals surface area contributed by atoms with Crippen molar-refractivity contribution in [3.8, 4) is 5.75 Å². The number of nitrogens with zero attached hydrogens (tertiary/aromatic N) is 1. The SMILES string of the molecule is COc1cccc(CN2CC3(C2)OCC[C@H]3CCNS(C)(=O)=O)c1. The predicted octanol–water partition coefficient (Wildman–Crippen LogP) is 1.23. The number of methoxy groups -OCH3 is 1. The highest BCUT2D eigenvalue weighted by Gasteiger charge is 2.52. The standard InChI is InChI=1S/C17H26N2O4S/c1-22-16-5-3-4-14(10-16)11-19-12-17(13-19)15(7-9-23-17)6-8-18-24(2,20)21/h3-5,10,15,18H,6-9,11-13H2,1-2H3/t15-/m1/s1. The zero-order chi connectivity index (χ0) is 17.2. The van der Waals surface area contributed by atoms with E-state index in [9.17, 15) is 8.42 Å². The summed E-state index contributed by atoms with van der Waals surface area (Å²) in [5, 5.41) is 0. The molecule has 2 fully saturated rings. The van der Waals surface area contributed by atoms with Crippen molar-refractivity contribution in [2.24, 2.45) is 5.92 Å². The first-order valence-electron chi connectivity index (χ1n) is 8.34. The van der Waals surface area contributed by atoms with Gasteiger partial charge in [-0.05, 0) is 36.5 Å². The molecular weight excluding hydrogens is 328 g/mol. The number of hydrogen-bond acceptors (Lipinski definition) is 5. The second kappa shape index (κ2) is 7.00. The van der Waals surface area contributed by atoms with E-state index in [1.165, 1.54) is 11.8 Å². The molecule has 24 heavy (non-hydrogen) atoms. The van der Waals surface area contributed by atoms with E-state index in [1.54, 1.807) is 7.11 Å². The quantitative estimate of drug-likeness (QED) is 0.798. The van der Waals surface area contributed by atoms with Gasteiger partial charge in [0.15, 0.2) is 0 Å². The fourth-order valence-electron chi connectivity index (χ4n) is 3.81. The van der Waals surface area contributed by atoms with Gasteiger partial charge < -0.3 is 9.47 Å². The molecule has 1 spiro atoms. The second-order valence-corrected chi connectivity index (χ2v) is 8.68. The Bertz CT molecular complexity index is 671. The molecule has 2 aliphatic heterocycles. The van der Waals surface area contributed by atoms with E-state index in [2.05, 4.69) is 21.8 Å². The molecule has 0 bridgehead atoms. The summed E-state index contributed by atoms with van der Waals surface area (Å²) >= 11 is 0. The van der Waals surface area contributed by atoms with Crippen molar-refractivity contribution in [2.75, 3.05) is 39.6 Å². The van der Waals surface area contributed by atoms with Crippen LogP contribution < -0.4 is 9.46 Å². The molecule has 134 valence electrons. The second-order valence-electron chi connectivity index (χ2n) is 6.85. The normalized spacial score (nSPS) is 23.3. The van der Waals surface area contributed by atoms with E-state index >= 15 is 0 Å². The van der Waals surface area contributed by atoms with E-state index in [1.807, 2.05) is 12.1 Å². The molecule has 1 aromatic rings. The van der Waals surface area contributed by atoms with Crippen LogP contribution in [-0.2, 0) is 21.3 Å². The van der Waals surface area contributed by atoms with Crippen molar-refractivity contribution >= 4 is 10.0 Å². The van der Waals surface area contributed by atoms with E-state index in [0.29, 0.717) is 12.5 Å². The van der Waals surface area contributed by atoms with Crippen molar-refractivity contribution in [2.45, 2.75) is 25.0 Å². The Labute approximate surface area is 144 Å². The lowest BCUT2D eigenvalue weighted by atomic mass is 9.79. The number of sulfonamides is 1. The first kappa shape index (κ1) is 17.7. The molecule has 0 unspecified atom stereocenters. The van der Waals surface area contributed by atoms with Gasteiger partial charge in [0.2, 0.25) is 10.0 Å². The summed E-state index contributed by atoms with van der Waals surface area (Å²) in [6, 6.07) is 8.13. The van der Waals surface area contributed by atoms with Gasteiger partial charge in [-0.3, -0.25) is 4.90 Å². The Hall–Kier alpha value is -1.15. The predicted molar refractivity (Wildman–Crippen MR) is 92.5 cm³/mol. The van der Waals surface area contributed by atoms with Crippen molar-refractivity contribution in [3.05, 3.63) is 29.8 Å². The van der Waals surface area contributed by atoms with Crippen LogP contribution in [0.5, 0.6) is 5.75 Å². The maximum atomic E-state index is 11.2. The molecule has 3 rings (SSSR count). The molecule has 2 heterocycles. The minimum Gasteiger partial charge on any atom is -0.497 e. The number of rotatable bonds is 7. The average Bonchev–Trinajstić information content (AvgIpc) is 2.90. The molecular formula is C17H26N2O4S. The minimum atomic E-state index is -3.11. The Balaban J connectivity index is 1.51. The zero-order valence-electron chi connectivity index (χ0n) is 14.3. The van der Waals surface area contributed by atoms with Crippen LogP contribution in [0.1, 0.15) is 18.4 Å². The molecule has 6 nitrogen and oxygen atoms in total. The highest BCUT2D eigenvalue weighted by atomic mass is 32.2. The summed E-state index contributed by atoms with van der Waals surface area (Å²) in [6.45, 7) is 3.97. The number of nitrogens with one attached hydrogen (secondary N) is 1. The monoisotopic (exact) mass is 354 g/mol. The zero-order valence-corrected chi connectivity index (χ0v) is 15.1. The van der Waals surface area contributed by atoms with E-state index in [4.69, 9.17) is 9.47 Å². The highest BCUT2D eigenvalue weighted by molar-refractivity contribution is 7.88. The van der Waals surface area contributed by atoms with Crippen LogP contribution in [0.3, 0.4) is 0 Å². The number of likely N-dealkylation sites (tertiary alicyclic amines) is 1. The molecule has 0 aromatic heterocycles. The lowest BCUT2D eigenvalue weighted by molar-refractivity contribution is -0.136. The van der Waals surface area contributed by atoms with Crippen molar-refractivity contribution in [1.29, 1.82) is 0 Å². The lowest BCUT2D eigenvalue weighted by Gasteiger charge is -2.50. The Kier molecular flexibility index (Phi) is 5.15. The topological polar surface area (TPSA) is 67.9 Å². The van der Waals surface area contributed by atoms with E-state index < -0.39 is 10.0 Å². The Morgan fingerprint density at radius 2 is 2.21 bits per heavy atom. The van der Waals surface area contributed by atoms with Crippen LogP contribution >= 0.6 is 0 Å². The molecule has 0 radical (unpaired) electrons. The molecule has 1 atom stereocenters. The molecule has 1 aromatic carbocycles. The van der Waals surface area contributed by atoms with Gasteiger partial charge in [-0.15, -0.1) is 0 Å². The Morgan fingerprint density at radius 3 is 2.92 bits per heavy atom. The van der Waals surface area contributed by atoms with Gasteiger partial charge in [0, 0.05) is 32.8 Å². The van der Waals surface area contributed by atoms with Gasteiger partial charge in [0.1, 0.15) is 5.75 Å². The summed E-state index contributed by atoms with van der Waals surface area (Å²) in [4.78, 5) is 2.37. The lowest BCUT2D eigenvalue weighted by Crippen LogP contribution is -2.64. The first-order valence-corrected chi connectivity index (χ1v) is 10.2. The van der Waals surface area contributed by atoms with Crippen LogP contribution in [0.2, 0.25) is 0 Å². The van der Waals surface area contributed by atoms with Crippen LogP contribution in [0.15, 0.2) is 24.3 Å². The minimum absolute atomic E-state index is 0.0853. The maximum absolute atomic E-state index is 11.2. The molecule has 7 heteroatoms. The third-order valence-electron chi connectivity index (χ3n) is 4.98. The fourth-order valence-corrected chi connectivity index (χ4v) is 4.30. The molecule has 0 amide bonds. The third-order valence-corrected chi connectivity index (χ3v) is 5.71. The van der Waals surface area contributed by atoms with Crippen molar-refractivity contribution in [1.82, 2.24) is 9.62 Å². The molecule has 2 saturated heterocycles. The number of hydrogen-bond donors (Lipinski definition) is 1. The summed E-state index contributed by atoms with van der Waals surface area (Å²) in [6.07, 6.45) is 3.05. The van der Waals surface area contributed by atoms with E-state index in [0.717, 1.165) is 44.8 Å². The molecule has 2 aliphatic rings. The van der Waals surface area contributed by atoms with Crippen molar-refractivity contribution in [3.63, 3.8) is 0 Å². The number of benzene rings is 1. The maximum Gasteiger partial charge on any atom is 0.208 e. The molecule has 1 N–H and O–H groups in total. The largest absolute Gasteiger partial charge is 0.497 e. The third kappa shape index (κ3) is 4.08. The fraction of sp³-hybridized carbons (Fsp3) is 0.647. The van der Waals surface area contributed by atoms with Gasteiger partial charge in [-0.25, -0.2) is 13.1 Å². The summed E-state index contributed by atoms with van der Waals surface area (Å²) in [5.74, 6) is 1.30.